The van der Waals surface area contributed by atoms with Gasteiger partial charge in [-0.3, -0.25) is 4.79 Å². The molecule has 4 rings (SSSR count). The molecule has 0 unspecified atom stereocenters. The van der Waals surface area contributed by atoms with Crippen LogP contribution in [-0.4, -0.2) is 50.5 Å². The van der Waals surface area contributed by atoms with Crippen molar-refractivity contribution >= 4 is 23.3 Å². The second-order valence-corrected chi connectivity index (χ2v) is 8.00. The number of carbonyl (C=O) groups excluding carboxylic acids is 2. The fourth-order valence-corrected chi connectivity index (χ4v) is 3.99. The minimum atomic E-state index is -0.280. The maximum Gasteiger partial charge on any atom is 0.318 e. The van der Waals surface area contributed by atoms with E-state index in [-0.39, 0.29) is 18.4 Å². The highest BCUT2D eigenvalue weighted by molar-refractivity contribution is 6.03. The summed E-state index contributed by atoms with van der Waals surface area (Å²) in [6, 6.07) is 20.8. The molecule has 0 aromatic heterocycles. The van der Waals surface area contributed by atoms with Gasteiger partial charge in [-0.2, -0.15) is 5.10 Å². The lowest BCUT2D eigenvalue weighted by molar-refractivity contribution is -0.130. The summed E-state index contributed by atoms with van der Waals surface area (Å²) in [4.78, 5) is 24.7. The van der Waals surface area contributed by atoms with Crippen LogP contribution in [0.1, 0.15) is 17.5 Å². The number of methoxy groups -OCH3 is 2. The van der Waals surface area contributed by atoms with E-state index < -0.39 is 0 Å². The Labute approximate surface area is 204 Å². The van der Waals surface area contributed by atoms with E-state index in [0.29, 0.717) is 30.2 Å². The second kappa shape index (κ2) is 10.7. The third-order valence-corrected chi connectivity index (χ3v) is 5.83. The van der Waals surface area contributed by atoms with E-state index in [1.54, 1.807) is 21.3 Å². The van der Waals surface area contributed by atoms with Crippen molar-refractivity contribution in [2.75, 3.05) is 33.1 Å². The Morgan fingerprint density at radius 2 is 1.63 bits per heavy atom. The van der Waals surface area contributed by atoms with Gasteiger partial charge in [-0.15, -0.1) is 0 Å². The highest BCUT2D eigenvalue weighted by Crippen LogP contribution is 2.36. The van der Waals surface area contributed by atoms with Gasteiger partial charge in [0.05, 0.1) is 32.9 Å². The molecule has 1 aliphatic heterocycles. The predicted molar refractivity (Wildman–Crippen MR) is 136 cm³/mol. The first-order valence-electron chi connectivity index (χ1n) is 11.3. The monoisotopic (exact) mass is 472 g/mol. The first kappa shape index (κ1) is 23.8. The number of hydrogen-bond acceptors (Lipinski definition) is 5. The fourth-order valence-electron chi connectivity index (χ4n) is 3.99. The van der Waals surface area contributed by atoms with E-state index >= 15 is 0 Å². The number of rotatable bonds is 7. The number of hydrazone groups is 1. The Morgan fingerprint density at radius 3 is 2.29 bits per heavy atom. The molecule has 0 atom stereocenters. The number of ether oxygens (including phenoxy) is 2. The van der Waals surface area contributed by atoms with Crippen molar-refractivity contribution in [2.24, 2.45) is 5.10 Å². The van der Waals surface area contributed by atoms with Crippen molar-refractivity contribution < 1.29 is 19.1 Å². The molecule has 35 heavy (non-hydrogen) atoms. The molecule has 3 aromatic rings. The molecule has 0 saturated heterocycles. The number of hydrogen-bond donors (Lipinski definition) is 2. The molecular weight excluding hydrogens is 444 g/mol. The molecule has 0 saturated carbocycles. The van der Waals surface area contributed by atoms with Gasteiger partial charge < -0.3 is 20.1 Å². The summed E-state index contributed by atoms with van der Waals surface area (Å²) < 4.78 is 11.0. The standard InChI is InChI=1S/C27H28N4O4/c1-28-27(33)29-21-11-9-19(10-12-21)23-13-14-31(30-23)26(32)16-20-15-24(34-2)25(35-3)17-22(20)18-7-5-4-6-8-18/h4-12,15,17H,13-14,16H2,1-3H3,(H2,28,29,33). The van der Waals surface area contributed by atoms with Crippen LogP contribution in [0.25, 0.3) is 11.1 Å². The lowest BCUT2D eigenvalue weighted by Gasteiger charge is -2.17. The highest BCUT2D eigenvalue weighted by Gasteiger charge is 2.24. The molecule has 0 bridgehead atoms. The van der Waals surface area contributed by atoms with Crippen LogP contribution >= 0.6 is 0 Å². The molecule has 3 aromatic carbocycles. The van der Waals surface area contributed by atoms with Gasteiger partial charge in [0, 0.05) is 19.2 Å². The van der Waals surface area contributed by atoms with Crippen molar-refractivity contribution in [1.29, 1.82) is 0 Å². The van der Waals surface area contributed by atoms with E-state index in [9.17, 15) is 9.59 Å². The van der Waals surface area contributed by atoms with Crippen LogP contribution in [0.5, 0.6) is 11.5 Å². The summed E-state index contributed by atoms with van der Waals surface area (Å²) in [6.45, 7) is 0.514. The summed E-state index contributed by atoms with van der Waals surface area (Å²) in [5.74, 6) is 1.09. The van der Waals surface area contributed by atoms with Crippen LogP contribution in [0.3, 0.4) is 0 Å². The van der Waals surface area contributed by atoms with Gasteiger partial charge in [-0.25, -0.2) is 9.80 Å². The van der Waals surface area contributed by atoms with Crippen molar-refractivity contribution in [2.45, 2.75) is 12.8 Å². The van der Waals surface area contributed by atoms with E-state index in [1.807, 2.05) is 66.7 Å². The Balaban J connectivity index is 1.54. The smallest absolute Gasteiger partial charge is 0.318 e. The molecule has 180 valence electrons. The van der Waals surface area contributed by atoms with Gasteiger partial charge in [-0.1, -0.05) is 42.5 Å². The van der Waals surface area contributed by atoms with E-state index in [2.05, 4.69) is 15.7 Å². The van der Waals surface area contributed by atoms with Crippen LogP contribution in [-0.2, 0) is 11.2 Å². The largest absolute Gasteiger partial charge is 0.493 e. The van der Waals surface area contributed by atoms with Crippen LogP contribution in [0.4, 0.5) is 10.5 Å². The summed E-state index contributed by atoms with van der Waals surface area (Å²) in [7, 11) is 4.74. The third-order valence-electron chi connectivity index (χ3n) is 5.83. The minimum Gasteiger partial charge on any atom is -0.493 e. The number of benzene rings is 3. The Kier molecular flexibility index (Phi) is 7.30. The molecule has 3 amide bonds. The maximum atomic E-state index is 13.2. The number of urea groups is 1. The Hall–Kier alpha value is -4.33. The van der Waals surface area contributed by atoms with Crippen LogP contribution in [0.15, 0.2) is 71.8 Å². The molecule has 0 spiro atoms. The molecule has 2 N–H and O–H groups in total. The normalized spacial score (nSPS) is 12.7. The Bertz CT molecular complexity index is 1240. The molecule has 0 fully saturated rings. The zero-order chi connectivity index (χ0) is 24.8. The van der Waals surface area contributed by atoms with Crippen LogP contribution in [0.2, 0.25) is 0 Å². The molecule has 0 aliphatic carbocycles. The molecule has 1 aliphatic rings. The summed E-state index contributed by atoms with van der Waals surface area (Å²) in [6.07, 6.45) is 0.835. The van der Waals surface area contributed by atoms with Gasteiger partial charge in [0.1, 0.15) is 0 Å². The first-order chi connectivity index (χ1) is 17.0. The minimum absolute atomic E-state index is 0.0951. The number of nitrogens with zero attached hydrogens (tertiary/aromatic N) is 2. The van der Waals surface area contributed by atoms with Crippen LogP contribution in [0, 0.1) is 0 Å². The van der Waals surface area contributed by atoms with Crippen molar-refractivity contribution in [3.8, 4) is 22.6 Å². The molecule has 1 heterocycles. The number of amides is 3. The van der Waals surface area contributed by atoms with E-state index in [0.717, 1.165) is 28.0 Å². The van der Waals surface area contributed by atoms with Gasteiger partial charge in [0.2, 0.25) is 5.91 Å². The van der Waals surface area contributed by atoms with E-state index in [4.69, 9.17) is 9.47 Å². The van der Waals surface area contributed by atoms with E-state index in [1.165, 1.54) is 5.01 Å². The molecule has 8 nitrogen and oxygen atoms in total. The lowest BCUT2D eigenvalue weighted by Crippen LogP contribution is -2.25. The lowest BCUT2D eigenvalue weighted by atomic mass is 9.96. The zero-order valence-corrected chi connectivity index (χ0v) is 20.0. The van der Waals surface area contributed by atoms with Crippen molar-refractivity contribution in [1.82, 2.24) is 10.3 Å². The fraction of sp³-hybridized carbons (Fsp3) is 0.222. The second-order valence-electron chi connectivity index (χ2n) is 8.00. The van der Waals surface area contributed by atoms with Gasteiger partial charge in [-0.05, 0) is 46.5 Å². The quantitative estimate of drug-likeness (QED) is 0.536. The van der Waals surface area contributed by atoms with Gasteiger partial charge in [0.15, 0.2) is 11.5 Å². The summed E-state index contributed by atoms with van der Waals surface area (Å²) in [5.41, 5.74) is 5.18. The number of carbonyl (C=O) groups is 2. The number of anilines is 1. The molecular formula is C27H28N4O4. The average Bonchev–Trinajstić information content (AvgIpc) is 3.40. The topological polar surface area (TPSA) is 92.3 Å². The first-order valence-corrected chi connectivity index (χ1v) is 11.3. The SMILES string of the molecule is CNC(=O)Nc1ccc(C2=NN(C(=O)Cc3cc(OC)c(OC)cc3-c3ccccc3)CC2)cc1. The maximum absolute atomic E-state index is 13.2. The average molecular weight is 473 g/mol. The zero-order valence-electron chi connectivity index (χ0n) is 20.0. The Morgan fingerprint density at radius 1 is 0.943 bits per heavy atom. The predicted octanol–water partition coefficient (Wildman–Crippen LogP) is 4.30. The number of nitrogens with one attached hydrogen (secondary N) is 2. The third kappa shape index (κ3) is 5.43. The van der Waals surface area contributed by atoms with Crippen LogP contribution < -0.4 is 20.1 Å². The summed E-state index contributed by atoms with van der Waals surface area (Å²) in [5, 5.41) is 11.4. The van der Waals surface area contributed by atoms with Gasteiger partial charge in [0.25, 0.3) is 0 Å². The summed E-state index contributed by atoms with van der Waals surface area (Å²) >= 11 is 0. The van der Waals surface area contributed by atoms with Crippen molar-refractivity contribution in [3.05, 3.63) is 77.9 Å². The highest BCUT2D eigenvalue weighted by atomic mass is 16.5. The molecule has 8 heteroatoms. The van der Waals surface area contributed by atoms with Crippen molar-refractivity contribution in [3.63, 3.8) is 0 Å². The van der Waals surface area contributed by atoms with Gasteiger partial charge >= 0.3 is 6.03 Å². The molecule has 0 radical (unpaired) electrons.